The Hall–Kier alpha value is -1.81. The minimum absolute atomic E-state index is 0.281. The van der Waals surface area contributed by atoms with Crippen molar-refractivity contribution in [2.24, 2.45) is 0 Å². The highest BCUT2D eigenvalue weighted by Gasteiger charge is 2.18. The van der Waals surface area contributed by atoms with Crippen LogP contribution in [0.2, 0.25) is 0 Å². The Morgan fingerprint density at radius 2 is 2.00 bits per heavy atom. The second kappa shape index (κ2) is 6.31. The van der Waals surface area contributed by atoms with Crippen LogP contribution in [-0.4, -0.2) is 11.1 Å². The van der Waals surface area contributed by atoms with E-state index in [9.17, 15) is 9.90 Å². The molecule has 0 fully saturated rings. The van der Waals surface area contributed by atoms with Gasteiger partial charge in [-0.1, -0.05) is 37.6 Å². The Balaban J connectivity index is 2.23. The Morgan fingerprint density at radius 1 is 1.29 bits per heavy atom. The minimum atomic E-state index is -0.928. The molecule has 1 aromatic heterocycles. The molecule has 1 aromatic carbocycles. The third kappa shape index (κ3) is 3.64. The zero-order valence-corrected chi connectivity index (χ0v) is 13.6. The lowest BCUT2D eigenvalue weighted by atomic mass is 10.1. The molecule has 0 aliphatic carbocycles. The largest absolute Gasteiger partial charge is 0.487 e. The van der Waals surface area contributed by atoms with Crippen molar-refractivity contribution in [2.45, 2.75) is 40.2 Å². The molecule has 3 nitrogen and oxygen atoms in total. The molecular formula is C17H20O3S. The maximum absolute atomic E-state index is 11.3. The summed E-state index contributed by atoms with van der Waals surface area (Å²) in [6, 6.07) is 8.04. The van der Waals surface area contributed by atoms with E-state index in [-0.39, 0.29) is 4.88 Å². The molecule has 21 heavy (non-hydrogen) atoms. The summed E-state index contributed by atoms with van der Waals surface area (Å²) < 4.78 is 5.78. The van der Waals surface area contributed by atoms with E-state index in [2.05, 4.69) is 18.2 Å². The van der Waals surface area contributed by atoms with Gasteiger partial charge in [-0.25, -0.2) is 4.79 Å². The number of carboxylic acids is 1. The first-order chi connectivity index (χ1) is 9.88. The molecule has 0 saturated carbocycles. The first kappa shape index (κ1) is 15.6. The predicted octanol–water partition coefficient (Wildman–Crippen LogP) is 4.77. The van der Waals surface area contributed by atoms with Crippen LogP contribution in [0.1, 0.15) is 51.0 Å². The van der Waals surface area contributed by atoms with Crippen LogP contribution in [0.4, 0.5) is 0 Å². The maximum Gasteiger partial charge on any atom is 0.349 e. The third-order valence-corrected chi connectivity index (χ3v) is 4.77. The van der Waals surface area contributed by atoms with Crippen LogP contribution in [0.15, 0.2) is 24.3 Å². The third-order valence-electron chi connectivity index (χ3n) is 3.37. The number of hydrogen-bond acceptors (Lipinski definition) is 3. The molecule has 2 rings (SSSR count). The van der Waals surface area contributed by atoms with E-state index in [1.807, 2.05) is 33.8 Å². The van der Waals surface area contributed by atoms with Crippen molar-refractivity contribution in [3.8, 4) is 5.75 Å². The second-order valence-corrected chi connectivity index (χ2v) is 6.60. The Kier molecular flexibility index (Phi) is 4.68. The maximum atomic E-state index is 11.3. The van der Waals surface area contributed by atoms with Gasteiger partial charge in [0.1, 0.15) is 12.4 Å². The number of ether oxygens (including phenoxy) is 1. The second-order valence-electron chi connectivity index (χ2n) is 5.52. The Morgan fingerprint density at radius 3 is 2.62 bits per heavy atom. The number of hydrogen-bond donors (Lipinski definition) is 1. The summed E-state index contributed by atoms with van der Waals surface area (Å²) in [4.78, 5) is 12.6. The summed E-state index contributed by atoms with van der Waals surface area (Å²) in [5.74, 6) is -0.161. The van der Waals surface area contributed by atoms with E-state index in [1.54, 1.807) is 0 Å². The Bertz CT molecular complexity index is 656. The molecule has 0 amide bonds. The Labute approximate surface area is 129 Å². The first-order valence-electron chi connectivity index (χ1n) is 6.94. The van der Waals surface area contributed by atoms with Crippen LogP contribution in [0, 0.1) is 13.8 Å². The molecule has 0 aliphatic rings. The molecule has 0 bridgehead atoms. The molecular weight excluding hydrogens is 284 g/mol. The number of carboxylic acid groups (broad SMARTS) is 1. The van der Waals surface area contributed by atoms with Gasteiger partial charge >= 0.3 is 5.97 Å². The fraction of sp³-hybridized carbons (Fsp3) is 0.353. The molecule has 0 spiro atoms. The van der Waals surface area contributed by atoms with E-state index in [0.717, 1.165) is 16.0 Å². The van der Waals surface area contributed by atoms with E-state index in [1.165, 1.54) is 16.9 Å². The summed E-state index contributed by atoms with van der Waals surface area (Å²) >= 11 is 1.29. The summed E-state index contributed by atoms with van der Waals surface area (Å²) in [7, 11) is 0. The lowest BCUT2D eigenvalue weighted by Crippen LogP contribution is -2.01. The number of benzene rings is 1. The van der Waals surface area contributed by atoms with Crippen LogP contribution in [0.5, 0.6) is 5.75 Å². The molecule has 0 unspecified atom stereocenters. The van der Waals surface area contributed by atoms with Gasteiger partial charge in [0.2, 0.25) is 0 Å². The summed E-state index contributed by atoms with van der Waals surface area (Å²) in [6.07, 6.45) is 0. The van der Waals surface area contributed by atoms with Gasteiger partial charge in [0.25, 0.3) is 0 Å². The van der Waals surface area contributed by atoms with Crippen LogP contribution in [0.25, 0.3) is 0 Å². The topological polar surface area (TPSA) is 46.5 Å². The number of carbonyl (C=O) groups is 1. The van der Waals surface area contributed by atoms with Gasteiger partial charge in [0.15, 0.2) is 4.88 Å². The lowest BCUT2D eigenvalue weighted by molar-refractivity contribution is 0.0697. The van der Waals surface area contributed by atoms with Gasteiger partial charge in [0, 0.05) is 4.88 Å². The molecule has 2 aromatic rings. The fourth-order valence-corrected chi connectivity index (χ4v) is 2.99. The molecule has 1 N–H and O–H groups in total. The van der Waals surface area contributed by atoms with E-state index in [4.69, 9.17) is 4.74 Å². The average molecular weight is 304 g/mol. The monoisotopic (exact) mass is 304 g/mol. The highest BCUT2D eigenvalue weighted by atomic mass is 32.1. The van der Waals surface area contributed by atoms with Crippen LogP contribution >= 0.6 is 11.3 Å². The van der Waals surface area contributed by atoms with Crippen molar-refractivity contribution in [1.29, 1.82) is 0 Å². The summed E-state index contributed by atoms with van der Waals surface area (Å²) in [5.41, 5.74) is 3.41. The van der Waals surface area contributed by atoms with Gasteiger partial charge in [-0.2, -0.15) is 0 Å². The quantitative estimate of drug-likeness (QED) is 0.865. The summed E-state index contributed by atoms with van der Waals surface area (Å²) in [5, 5.41) is 9.29. The van der Waals surface area contributed by atoms with Crippen LogP contribution < -0.4 is 4.74 Å². The summed E-state index contributed by atoms with van der Waals surface area (Å²) in [6.45, 7) is 8.55. The van der Waals surface area contributed by atoms with E-state index in [0.29, 0.717) is 18.3 Å². The highest BCUT2D eigenvalue weighted by molar-refractivity contribution is 7.14. The van der Waals surface area contributed by atoms with E-state index < -0.39 is 5.97 Å². The zero-order chi connectivity index (χ0) is 15.6. The molecule has 1 heterocycles. The highest BCUT2D eigenvalue weighted by Crippen LogP contribution is 2.34. The number of aromatic carboxylic acids is 1. The lowest BCUT2D eigenvalue weighted by Gasteiger charge is -2.09. The zero-order valence-electron chi connectivity index (χ0n) is 12.8. The van der Waals surface area contributed by atoms with Gasteiger partial charge in [-0.3, -0.25) is 0 Å². The van der Waals surface area contributed by atoms with E-state index >= 15 is 0 Å². The predicted molar refractivity (Wildman–Crippen MR) is 85.6 cm³/mol. The number of aryl methyl sites for hydroxylation is 2. The molecule has 0 radical (unpaired) electrons. The molecule has 0 aliphatic heterocycles. The van der Waals surface area contributed by atoms with Crippen LogP contribution in [0.3, 0.4) is 0 Å². The fourth-order valence-electron chi connectivity index (χ4n) is 2.04. The van der Waals surface area contributed by atoms with Gasteiger partial charge in [-0.05, 0) is 37.0 Å². The van der Waals surface area contributed by atoms with Gasteiger partial charge < -0.3 is 9.84 Å². The number of thiophene rings is 1. The standard InChI is InChI=1S/C17H20O3S/c1-10(2)15-8-14(16(21-15)17(18)19)20-9-13-7-11(3)5-6-12(13)4/h5-8,10H,9H2,1-4H3,(H,18,19). The van der Waals surface area contributed by atoms with Crippen molar-refractivity contribution in [3.63, 3.8) is 0 Å². The molecule has 0 atom stereocenters. The van der Waals surface area contributed by atoms with Gasteiger partial charge in [-0.15, -0.1) is 11.3 Å². The molecule has 4 heteroatoms. The van der Waals surface area contributed by atoms with Crippen molar-refractivity contribution in [1.82, 2.24) is 0 Å². The average Bonchev–Trinajstić information content (AvgIpc) is 2.84. The number of rotatable bonds is 5. The molecule has 0 saturated heterocycles. The minimum Gasteiger partial charge on any atom is -0.487 e. The first-order valence-corrected chi connectivity index (χ1v) is 7.76. The smallest absolute Gasteiger partial charge is 0.349 e. The SMILES string of the molecule is Cc1ccc(C)c(COc2cc(C(C)C)sc2C(=O)O)c1. The van der Waals surface area contributed by atoms with Crippen molar-refractivity contribution in [2.75, 3.05) is 0 Å². The van der Waals surface area contributed by atoms with Crippen molar-refractivity contribution >= 4 is 17.3 Å². The van der Waals surface area contributed by atoms with Gasteiger partial charge in [0.05, 0.1) is 0 Å². The van der Waals surface area contributed by atoms with Crippen molar-refractivity contribution in [3.05, 3.63) is 50.7 Å². The normalized spacial score (nSPS) is 10.9. The molecule has 112 valence electrons. The van der Waals surface area contributed by atoms with Crippen molar-refractivity contribution < 1.29 is 14.6 Å². The van der Waals surface area contributed by atoms with Crippen LogP contribution in [-0.2, 0) is 6.61 Å².